The summed E-state index contributed by atoms with van der Waals surface area (Å²) in [7, 11) is 0. The molecule has 0 saturated heterocycles. The predicted molar refractivity (Wildman–Crippen MR) is 98.9 cm³/mol. The smallest absolute Gasteiger partial charge is 0.251 e. The van der Waals surface area contributed by atoms with Crippen molar-refractivity contribution in [2.45, 2.75) is 46.0 Å². The molecule has 0 aliphatic heterocycles. The van der Waals surface area contributed by atoms with Crippen molar-refractivity contribution in [3.05, 3.63) is 35.4 Å². The van der Waals surface area contributed by atoms with Crippen molar-refractivity contribution < 1.29 is 19.1 Å². The SMILES string of the molecule is CCCOCCCC(=O)CCOCCNC(=O)c1cccc(CC)c1. The molecule has 1 aromatic carbocycles. The summed E-state index contributed by atoms with van der Waals surface area (Å²) < 4.78 is 10.8. The lowest BCUT2D eigenvalue weighted by atomic mass is 10.1. The van der Waals surface area contributed by atoms with E-state index in [1.807, 2.05) is 18.2 Å². The molecule has 0 heterocycles. The van der Waals surface area contributed by atoms with E-state index in [2.05, 4.69) is 19.2 Å². The Morgan fingerprint density at radius 1 is 1.00 bits per heavy atom. The predicted octanol–water partition coefficient (Wildman–Crippen LogP) is 3.16. The summed E-state index contributed by atoms with van der Waals surface area (Å²) in [4.78, 5) is 23.7. The molecule has 0 unspecified atom stereocenters. The third-order valence-electron chi connectivity index (χ3n) is 3.75. The van der Waals surface area contributed by atoms with Crippen LogP contribution in [0, 0.1) is 0 Å². The van der Waals surface area contributed by atoms with Gasteiger partial charge in [0.15, 0.2) is 0 Å². The van der Waals surface area contributed by atoms with E-state index >= 15 is 0 Å². The van der Waals surface area contributed by atoms with Gasteiger partial charge in [-0.2, -0.15) is 0 Å². The third kappa shape index (κ3) is 9.99. The number of ketones is 1. The van der Waals surface area contributed by atoms with Crippen molar-refractivity contribution in [2.24, 2.45) is 0 Å². The van der Waals surface area contributed by atoms with Gasteiger partial charge in [-0.3, -0.25) is 9.59 Å². The molecule has 0 aliphatic rings. The molecule has 1 rings (SSSR count). The molecule has 0 aliphatic carbocycles. The second-order valence-electron chi connectivity index (χ2n) is 5.93. The van der Waals surface area contributed by atoms with E-state index in [9.17, 15) is 9.59 Å². The molecule has 1 N–H and O–H groups in total. The normalized spacial score (nSPS) is 10.6. The first-order chi connectivity index (χ1) is 12.2. The first-order valence-electron chi connectivity index (χ1n) is 9.21. The molecule has 0 saturated carbocycles. The van der Waals surface area contributed by atoms with E-state index in [1.54, 1.807) is 6.07 Å². The molecule has 0 atom stereocenters. The number of benzene rings is 1. The van der Waals surface area contributed by atoms with Crippen molar-refractivity contribution >= 4 is 11.7 Å². The van der Waals surface area contributed by atoms with Crippen LogP contribution in [-0.4, -0.2) is 44.7 Å². The van der Waals surface area contributed by atoms with Crippen LogP contribution >= 0.6 is 0 Å². The zero-order valence-electron chi connectivity index (χ0n) is 15.5. The summed E-state index contributed by atoms with van der Waals surface area (Å²) in [5.74, 6) is 0.0996. The Hall–Kier alpha value is -1.72. The van der Waals surface area contributed by atoms with Gasteiger partial charge in [0, 0.05) is 38.2 Å². The molecule has 1 aromatic rings. The number of amides is 1. The fourth-order valence-corrected chi connectivity index (χ4v) is 2.30. The maximum atomic E-state index is 12.0. The van der Waals surface area contributed by atoms with E-state index in [1.165, 1.54) is 0 Å². The number of carbonyl (C=O) groups is 2. The Labute approximate surface area is 151 Å². The van der Waals surface area contributed by atoms with Crippen molar-refractivity contribution in [3.8, 4) is 0 Å². The fraction of sp³-hybridized carbons (Fsp3) is 0.600. The van der Waals surface area contributed by atoms with Crippen molar-refractivity contribution in [1.29, 1.82) is 0 Å². The fourth-order valence-electron chi connectivity index (χ4n) is 2.30. The molecule has 5 heteroatoms. The lowest BCUT2D eigenvalue weighted by Gasteiger charge is -2.07. The third-order valence-corrected chi connectivity index (χ3v) is 3.75. The highest BCUT2D eigenvalue weighted by molar-refractivity contribution is 5.94. The monoisotopic (exact) mass is 349 g/mol. The molecule has 1 amide bonds. The maximum Gasteiger partial charge on any atom is 0.251 e. The standard InChI is InChI=1S/C20H31NO4/c1-3-12-24-13-6-9-19(22)10-14-25-15-11-21-20(23)18-8-5-7-17(4-2)16-18/h5,7-8,16H,3-4,6,9-15H2,1-2H3,(H,21,23). The Morgan fingerprint density at radius 2 is 1.80 bits per heavy atom. The number of Topliss-reactive ketones (excluding diaryl/α,β-unsaturated/α-hetero) is 1. The van der Waals surface area contributed by atoms with Crippen LogP contribution in [0.2, 0.25) is 0 Å². The molecule has 0 radical (unpaired) electrons. The van der Waals surface area contributed by atoms with Crippen LogP contribution in [0.3, 0.4) is 0 Å². The van der Waals surface area contributed by atoms with Gasteiger partial charge in [0.2, 0.25) is 0 Å². The summed E-state index contributed by atoms with van der Waals surface area (Å²) in [6.07, 6.45) is 3.63. The maximum absolute atomic E-state index is 12.0. The van der Waals surface area contributed by atoms with Gasteiger partial charge in [0.1, 0.15) is 5.78 Å². The molecule has 5 nitrogen and oxygen atoms in total. The van der Waals surface area contributed by atoms with Crippen LogP contribution in [-0.2, 0) is 20.7 Å². The number of aryl methyl sites for hydroxylation is 1. The first-order valence-corrected chi connectivity index (χ1v) is 9.21. The lowest BCUT2D eigenvalue weighted by molar-refractivity contribution is -0.120. The van der Waals surface area contributed by atoms with Gasteiger partial charge >= 0.3 is 0 Å². The molecule has 0 fully saturated rings. The van der Waals surface area contributed by atoms with Crippen LogP contribution in [0.1, 0.15) is 55.5 Å². The Bertz CT molecular complexity index is 516. The van der Waals surface area contributed by atoms with Crippen LogP contribution in [0.4, 0.5) is 0 Å². The largest absolute Gasteiger partial charge is 0.381 e. The summed E-state index contributed by atoms with van der Waals surface area (Å²) in [5.41, 5.74) is 1.81. The minimum atomic E-state index is -0.0953. The van der Waals surface area contributed by atoms with Crippen molar-refractivity contribution in [1.82, 2.24) is 5.32 Å². The molecular weight excluding hydrogens is 318 g/mol. The summed E-state index contributed by atoms with van der Waals surface area (Å²) >= 11 is 0. The van der Waals surface area contributed by atoms with Crippen LogP contribution in [0.15, 0.2) is 24.3 Å². The van der Waals surface area contributed by atoms with E-state index in [0.29, 0.717) is 44.8 Å². The zero-order valence-corrected chi connectivity index (χ0v) is 15.5. The quantitative estimate of drug-likeness (QED) is 0.524. The first kappa shape index (κ1) is 21.3. The summed E-state index contributed by atoms with van der Waals surface area (Å²) in [5, 5.41) is 2.83. The van der Waals surface area contributed by atoms with Gasteiger partial charge in [-0.05, 0) is 37.0 Å². The highest BCUT2D eigenvalue weighted by Gasteiger charge is 2.05. The van der Waals surface area contributed by atoms with E-state index in [0.717, 1.165) is 31.4 Å². The highest BCUT2D eigenvalue weighted by Crippen LogP contribution is 2.05. The van der Waals surface area contributed by atoms with E-state index < -0.39 is 0 Å². The summed E-state index contributed by atoms with van der Waals surface area (Å²) in [6.45, 7) is 6.77. The van der Waals surface area contributed by atoms with Gasteiger partial charge < -0.3 is 14.8 Å². The number of hydrogen-bond acceptors (Lipinski definition) is 4. The number of rotatable bonds is 14. The molecular formula is C20H31NO4. The number of carbonyl (C=O) groups excluding carboxylic acids is 2. The van der Waals surface area contributed by atoms with Crippen molar-refractivity contribution in [3.63, 3.8) is 0 Å². The second-order valence-corrected chi connectivity index (χ2v) is 5.93. The number of hydrogen-bond donors (Lipinski definition) is 1. The number of nitrogens with one attached hydrogen (secondary N) is 1. The number of ether oxygens (including phenoxy) is 2. The minimum absolute atomic E-state index is 0.0953. The lowest BCUT2D eigenvalue weighted by Crippen LogP contribution is -2.27. The van der Waals surface area contributed by atoms with Gasteiger partial charge in [-0.15, -0.1) is 0 Å². The van der Waals surface area contributed by atoms with E-state index in [4.69, 9.17) is 9.47 Å². The van der Waals surface area contributed by atoms with Gasteiger partial charge in [0.05, 0.1) is 13.2 Å². The Kier molecular flexibility index (Phi) is 11.6. The highest BCUT2D eigenvalue weighted by atomic mass is 16.5. The van der Waals surface area contributed by atoms with Gasteiger partial charge in [-0.1, -0.05) is 26.0 Å². The van der Waals surface area contributed by atoms with E-state index in [-0.39, 0.29) is 11.7 Å². The van der Waals surface area contributed by atoms with Gasteiger partial charge in [-0.25, -0.2) is 0 Å². The molecule has 0 bridgehead atoms. The molecule has 0 spiro atoms. The average molecular weight is 349 g/mol. The molecule has 140 valence electrons. The summed E-state index contributed by atoms with van der Waals surface area (Å²) in [6, 6.07) is 7.60. The van der Waals surface area contributed by atoms with Crippen molar-refractivity contribution in [2.75, 3.05) is 33.0 Å². The topological polar surface area (TPSA) is 64.6 Å². The Balaban J connectivity index is 2.04. The molecule has 0 aromatic heterocycles. The van der Waals surface area contributed by atoms with Crippen LogP contribution in [0.25, 0.3) is 0 Å². The van der Waals surface area contributed by atoms with Crippen LogP contribution in [0.5, 0.6) is 0 Å². The zero-order chi connectivity index (χ0) is 18.3. The Morgan fingerprint density at radius 3 is 2.56 bits per heavy atom. The van der Waals surface area contributed by atoms with Gasteiger partial charge in [0.25, 0.3) is 5.91 Å². The minimum Gasteiger partial charge on any atom is -0.381 e. The molecule has 25 heavy (non-hydrogen) atoms. The van der Waals surface area contributed by atoms with Crippen LogP contribution < -0.4 is 5.32 Å². The average Bonchev–Trinajstić information content (AvgIpc) is 2.64. The second kappa shape index (κ2) is 13.6.